The Labute approximate surface area is 122 Å². The van der Waals surface area contributed by atoms with Gasteiger partial charge in [0.25, 0.3) is 0 Å². The molecule has 0 N–H and O–H groups in total. The third kappa shape index (κ3) is 1.52. The van der Waals surface area contributed by atoms with Gasteiger partial charge in [0.1, 0.15) is 11.8 Å². The zero-order chi connectivity index (χ0) is 13.9. The van der Waals surface area contributed by atoms with E-state index in [-0.39, 0.29) is 6.23 Å². The smallest absolute Gasteiger partial charge is 0.172 e. The van der Waals surface area contributed by atoms with Gasteiger partial charge in [-0.2, -0.15) is 0 Å². The van der Waals surface area contributed by atoms with Crippen LogP contribution in [0.3, 0.4) is 0 Å². The van der Waals surface area contributed by atoms with E-state index in [1.807, 2.05) is 18.7 Å². The van der Waals surface area contributed by atoms with Crippen molar-refractivity contribution in [2.75, 3.05) is 0 Å². The molecule has 2 aliphatic heterocycles. The Balaban J connectivity index is 1.83. The molecular formula is C14H18N4OS. The van der Waals surface area contributed by atoms with E-state index in [0.29, 0.717) is 17.3 Å². The van der Waals surface area contributed by atoms with Crippen LogP contribution in [0.2, 0.25) is 0 Å². The molecule has 20 heavy (non-hydrogen) atoms. The molecule has 0 aliphatic carbocycles. The van der Waals surface area contributed by atoms with E-state index in [4.69, 9.17) is 9.72 Å². The van der Waals surface area contributed by atoms with Crippen molar-refractivity contribution in [2.45, 2.75) is 56.4 Å². The molecule has 106 valence electrons. The predicted octanol–water partition coefficient (Wildman–Crippen LogP) is 2.94. The average molecular weight is 290 g/mol. The largest absolute Gasteiger partial charge is 0.353 e. The Hall–Kier alpha value is -1.14. The Morgan fingerprint density at radius 3 is 2.90 bits per heavy atom. The van der Waals surface area contributed by atoms with E-state index >= 15 is 0 Å². The summed E-state index contributed by atoms with van der Waals surface area (Å²) < 4.78 is 8.49. The highest BCUT2D eigenvalue weighted by molar-refractivity contribution is 8.00. The molecule has 2 aliphatic rings. The van der Waals surface area contributed by atoms with Gasteiger partial charge in [0.2, 0.25) is 0 Å². The molecule has 5 nitrogen and oxygen atoms in total. The molecule has 1 fully saturated rings. The third-order valence-electron chi connectivity index (χ3n) is 4.49. The number of hydrogen-bond donors (Lipinski definition) is 0. The van der Waals surface area contributed by atoms with Gasteiger partial charge in [0.05, 0.1) is 17.0 Å². The molecule has 4 rings (SSSR count). The maximum absolute atomic E-state index is 6.31. The van der Waals surface area contributed by atoms with Crippen LogP contribution in [-0.4, -0.2) is 30.9 Å². The number of rotatable bonds is 2. The van der Waals surface area contributed by atoms with E-state index in [1.54, 1.807) is 6.33 Å². The van der Waals surface area contributed by atoms with E-state index in [0.717, 1.165) is 34.9 Å². The van der Waals surface area contributed by atoms with Crippen molar-refractivity contribution in [1.29, 1.82) is 0 Å². The highest BCUT2D eigenvalue weighted by Gasteiger charge is 2.50. The molecule has 2 aromatic rings. The Morgan fingerprint density at radius 2 is 2.15 bits per heavy atom. The maximum atomic E-state index is 6.31. The lowest BCUT2D eigenvalue weighted by atomic mass is 9.96. The highest BCUT2D eigenvalue weighted by Crippen LogP contribution is 2.53. The summed E-state index contributed by atoms with van der Waals surface area (Å²) in [7, 11) is 0. The lowest BCUT2D eigenvalue weighted by Crippen LogP contribution is -2.20. The molecule has 4 atom stereocenters. The molecule has 0 spiro atoms. The second kappa shape index (κ2) is 4.43. The first-order valence-electron chi connectivity index (χ1n) is 7.26. The van der Waals surface area contributed by atoms with Gasteiger partial charge >= 0.3 is 0 Å². The van der Waals surface area contributed by atoms with Gasteiger partial charge in [-0.25, -0.2) is 15.0 Å². The van der Waals surface area contributed by atoms with Gasteiger partial charge in [0, 0.05) is 5.92 Å². The third-order valence-corrected chi connectivity index (χ3v) is 5.85. The Bertz CT molecular complexity index is 670. The fourth-order valence-electron chi connectivity index (χ4n) is 3.46. The van der Waals surface area contributed by atoms with Crippen LogP contribution in [0.5, 0.6) is 0 Å². The molecule has 0 radical (unpaired) electrons. The number of aromatic nitrogens is 4. The van der Waals surface area contributed by atoms with Crippen LogP contribution in [0.15, 0.2) is 11.5 Å². The predicted molar refractivity (Wildman–Crippen MR) is 77.7 cm³/mol. The van der Waals surface area contributed by atoms with Crippen LogP contribution in [0, 0.1) is 12.8 Å². The SMILES string of the molecule is CCC1C2Sc3nc4c(C)ncnc4n3[C@H]2O[C@@H]1CC. The fourth-order valence-corrected chi connectivity index (χ4v) is 5.00. The molecule has 4 heterocycles. The average Bonchev–Trinajstić information content (AvgIpc) is 3.06. The monoisotopic (exact) mass is 290 g/mol. The summed E-state index contributed by atoms with van der Waals surface area (Å²) in [5.41, 5.74) is 2.76. The second-order valence-corrected chi connectivity index (χ2v) is 6.67. The highest BCUT2D eigenvalue weighted by atomic mass is 32.2. The molecule has 0 amide bonds. The van der Waals surface area contributed by atoms with E-state index < -0.39 is 0 Å². The normalized spacial score (nSPS) is 31.8. The van der Waals surface area contributed by atoms with Crippen molar-refractivity contribution in [3.8, 4) is 0 Å². The number of hydrogen-bond acceptors (Lipinski definition) is 5. The van der Waals surface area contributed by atoms with E-state index in [9.17, 15) is 0 Å². The number of imidazole rings is 1. The number of fused-ring (bicyclic) bond motifs is 5. The van der Waals surface area contributed by atoms with E-state index in [2.05, 4.69) is 28.4 Å². The maximum Gasteiger partial charge on any atom is 0.172 e. The van der Waals surface area contributed by atoms with Gasteiger partial charge in [-0.15, -0.1) is 0 Å². The lowest BCUT2D eigenvalue weighted by Gasteiger charge is -2.17. The van der Waals surface area contributed by atoms with Gasteiger partial charge in [-0.1, -0.05) is 25.6 Å². The molecule has 2 aromatic heterocycles. The summed E-state index contributed by atoms with van der Waals surface area (Å²) in [6, 6.07) is 0. The van der Waals surface area contributed by atoms with Crippen molar-refractivity contribution in [3.05, 3.63) is 12.0 Å². The Kier molecular flexibility index (Phi) is 2.79. The van der Waals surface area contributed by atoms with Crippen LogP contribution in [0.25, 0.3) is 11.2 Å². The molecular weight excluding hydrogens is 272 g/mol. The number of thioether (sulfide) groups is 1. The minimum Gasteiger partial charge on any atom is -0.353 e. The molecule has 0 saturated carbocycles. The first kappa shape index (κ1) is 12.6. The van der Waals surface area contributed by atoms with Crippen molar-refractivity contribution >= 4 is 22.9 Å². The van der Waals surface area contributed by atoms with Crippen LogP contribution < -0.4 is 0 Å². The van der Waals surface area contributed by atoms with Crippen molar-refractivity contribution in [1.82, 2.24) is 19.5 Å². The lowest BCUT2D eigenvalue weighted by molar-refractivity contribution is -0.00540. The first-order chi connectivity index (χ1) is 9.74. The summed E-state index contributed by atoms with van der Waals surface area (Å²) in [5.74, 6) is 0.606. The molecule has 6 heteroatoms. The zero-order valence-electron chi connectivity index (χ0n) is 11.9. The van der Waals surface area contributed by atoms with Crippen LogP contribution >= 0.6 is 11.8 Å². The molecule has 2 unspecified atom stereocenters. The summed E-state index contributed by atoms with van der Waals surface area (Å²) in [5, 5.41) is 1.51. The van der Waals surface area contributed by atoms with Crippen LogP contribution in [0.1, 0.15) is 38.6 Å². The summed E-state index contributed by atoms with van der Waals surface area (Å²) in [6.45, 7) is 6.44. The van der Waals surface area contributed by atoms with Crippen molar-refractivity contribution in [3.63, 3.8) is 0 Å². The number of aryl methyl sites for hydroxylation is 1. The Morgan fingerprint density at radius 1 is 1.30 bits per heavy atom. The minimum absolute atomic E-state index is 0.0872. The molecule has 0 bridgehead atoms. The fraction of sp³-hybridized carbons (Fsp3) is 0.643. The van der Waals surface area contributed by atoms with Gasteiger partial charge in [-0.05, 0) is 19.8 Å². The minimum atomic E-state index is 0.0872. The van der Waals surface area contributed by atoms with Gasteiger partial charge < -0.3 is 4.74 Å². The zero-order valence-corrected chi connectivity index (χ0v) is 12.7. The van der Waals surface area contributed by atoms with Crippen LogP contribution in [0.4, 0.5) is 0 Å². The molecule has 0 aromatic carbocycles. The topological polar surface area (TPSA) is 52.8 Å². The summed E-state index contributed by atoms with van der Waals surface area (Å²) in [4.78, 5) is 13.4. The number of nitrogens with zero attached hydrogens (tertiary/aromatic N) is 4. The van der Waals surface area contributed by atoms with Crippen molar-refractivity contribution in [2.24, 2.45) is 5.92 Å². The molecule has 1 saturated heterocycles. The first-order valence-corrected chi connectivity index (χ1v) is 8.14. The quantitative estimate of drug-likeness (QED) is 0.851. The summed E-state index contributed by atoms with van der Waals surface area (Å²) >= 11 is 1.85. The van der Waals surface area contributed by atoms with Crippen molar-refractivity contribution < 1.29 is 4.74 Å². The van der Waals surface area contributed by atoms with Gasteiger partial charge in [0.15, 0.2) is 17.0 Å². The van der Waals surface area contributed by atoms with Gasteiger partial charge in [-0.3, -0.25) is 4.57 Å². The standard InChI is InChI=1S/C14H18N4OS/c1-4-8-9(5-2)19-13-11(8)20-14-17-10-7(3)15-6-16-12(10)18(13)14/h6,8-9,11,13H,4-5H2,1-3H3/t8?,9-,11?,13+/m1/s1. The van der Waals surface area contributed by atoms with Crippen LogP contribution in [-0.2, 0) is 4.74 Å². The summed E-state index contributed by atoms with van der Waals surface area (Å²) in [6.07, 6.45) is 4.29. The van der Waals surface area contributed by atoms with E-state index in [1.165, 1.54) is 0 Å². The number of ether oxygens (including phenoxy) is 1. The second-order valence-electron chi connectivity index (χ2n) is 5.52.